The van der Waals surface area contributed by atoms with Crippen LogP contribution in [0.3, 0.4) is 0 Å². The summed E-state index contributed by atoms with van der Waals surface area (Å²) in [7, 11) is 1.32. The number of nitrogens with two attached hydrogens (primary N) is 1. The van der Waals surface area contributed by atoms with Gasteiger partial charge in [0.25, 0.3) is 0 Å². The lowest BCUT2D eigenvalue weighted by molar-refractivity contribution is -0.117. The van der Waals surface area contributed by atoms with E-state index in [4.69, 9.17) is 5.73 Å². The molecular formula is C18H21N3O3S. The quantitative estimate of drug-likeness (QED) is 0.731. The molecule has 0 aliphatic heterocycles. The van der Waals surface area contributed by atoms with Crippen molar-refractivity contribution >= 4 is 35.1 Å². The molecule has 4 N–H and O–H groups in total. The zero-order valence-corrected chi connectivity index (χ0v) is 14.9. The molecule has 0 fully saturated rings. The lowest BCUT2D eigenvalue weighted by Crippen LogP contribution is -2.34. The van der Waals surface area contributed by atoms with Gasteiger partial charge in [-0.2, -0.15) is 0 Å². The van der Waals surface area contributed by atoms with Crippen molar-refractivity contribution in [2.24, 2.45) is 5.73 Å². The molecule has 0 aromatic heterocycles. The molecule has 0 aliphatic rings. The van der Waals surface area contributed by atoms with Crippen molar-refractivity contribution in [1.29, 1.82) is 0 Å². The number of amides is 2. The van der Waals surface area contributed by atoms with Gasteiger partial charge < -0.3 is 15.8 Å². The Morgan fingerprint density at radius 3 is 2.44 bits per heavy atom. The van der Waals surface area contributed by atoms with Gasteiger partial charge in [0.2, 0.25) is 5.91 Å². The van der Waals surface area contributed by atoms with Gasteiger partial charge in [-0.1, -0.05) is 24.8 Å². The van der Waals surface area contributed by atoms with Crippen molar-refractivity contribution in [3.8, 4) is 0 Å². The molecule has 0 spiro atoms. The highest BCUT2D eigenvalue weighted by molar-refractivity contribution is 7.99. The molecular weight excluding hydrogens is 338 g/mol. The number of carbonyl (C=O) groups excluding carboxylic acids is 2. The van der Waals surface area contributed by atoms with Crippen LogP contribution in [0.25, 0.3) is 0 Å². The van der Waals surface area contributed by atoms with Gasteiger partial charge in [0.05, 0.1) is 13.2 Å². The summed E-state index contributed by atoms with van der Waals surface area (Å²) in [5.74, 6) is -0.192. The Bertz CT molecular complexity index is 735. The molecule has 0 bridgehead atoms. The first-order valence-electron chi connectivity index (χ1n) is 7.81. The Morgan fingerprint density at radius 1 is 1.08 bits per heavy atom. The van der Waals surface area contributed by atoms with Crippen molar-refractivity contribution in [1.82, 2.24) is 0 Å². The van der Waals surface area contributed by atoms with E-state index in [0.29, 0.717) is 17.8 Å². The molecule has 2 amide bonds. The van der Waals surface area contributed by atoms with Gasteiger partial charge in [-0.05, 0) is 48.9 Å². The van der Waals surface area contributed by atoms with Gasteiger partial charge in [-0.15, -0.1) is 0 Å². The largest absolute Gasteiger partial charge is 0.453 e. The van der Waals surface area contributed by atoms with Crippen molar-refractivity contribution in [2.45, 2.75) is 29.2 Å². The van der Waals surface area contributed by atoms with Crippen LogP contribution in [0.2, 0.25) is 0 Å². The van der Waals surface area contributed by atoms with Crippen molar-refractivity contribution in [3.05, 3.63) is 48.5 Å². The summed E-state index contributed by atoms with van der Waals surface area (Å²) in [4.78, 5) is 25.0. The Morgan fingerprint density at radius 2 is 1.80 bits per heavy atom. The molecule has 0 aliphatic carbocycles. The van der Waals surface area contributed by atoms with E-state index >= 15 is 0 Å². The third kappa shape index (κ3) is 5.81. The molecule has 2 aromatic rings. The SMILES string of the molecule is CCC(N)C(=O)Nc1cccc(Sc2ccc(NC(=O)OC)cc2)c1. The van der Waals surface area contributed by atoms with E-state index in [0.717, 1.165) is 9.79 Å². The summed E-state index contributed by atoms with van der Waals surface area (Å²) in [5.41, 5.74) is 7.10. The number of rotatable bonds is 6. The zero-order chi connectivity index (χ0) is 18.2. The van der Waals surface area contributed by atoms with Crippen LogP contribution in [0.5, 0.6) is 0 Å². The van der Waals surface area contributed by atoms with E-state index in [2.05, 4.69) is 15.4 Å². The molecule has 1 unspecified atom stereocenters. The third-order valence-corrected chi connectivity index (χ3v) is 4.40. The molecule has 2 rings (SSSR count). The van der Waals surface area contributed by atoms with Crippen LogP contribution in [0.1, 0.15) is 13.3 Å². The molecule has 0 heterocycles. The second-order valence-electron chi connectivity index (χ2n) is 5.27. The summed E-state index contributed by atoms with van der Waals surface area (Å²) in [6.07, 6.45) is 0.0841. The topological polar surface area (TPSA) is 93.5 Å². The number of hydrogen-bond donors (Lipinski definition) is 3. The molecule has 7 heteroatoms. The van der Waals surface area contributed by atoms with Crippen molar-refractivity contribution in [2.75, 3.05) is 17.7 Å². The maximum atomic E-state index is 11.9. The smallest absolute Gasteiger partial charge is 0.411 e. The first kappa shape index (κ1) is 18.8. The van der Waals surface area contributed by atoms with E-state index in [1.807, 2.05) is 43.3 Å². The maximum absolute atomic E-state index is 11.9. The van der Waals surface area contributed by atoms with Crippen molar-refractivity contribution < 1.29 is 14.3 Å². The first-order chi connectivity index (χ1) is 12.0. The van der Waals surface area contributed by atoms with E-state index in [1.54, 1.807) is 23.9 Å². The van der Waals surface area contributed by atoms with Gasteiger partial charge in [0, 0.05) is 21.2 Å². The lowest BCUT2D eigenvalue weighted by atomic mass is 10.2. The molecule has 0 saturated heterocycles. The monoisotopic (exact) mass is 359 g/mol. The van der Waals surface area contributed by atoms with Crippen LogP contribution in [0, 0.1) is 0 Å². The Hall–Kier alpha value is -2.51. The summed E-state index contributed by atoms with van der Waals surface area (Å²) in [5, 5.41) is 5.42. The van der Waals surface area contributed by atoms with Gasteiger partial charge in [-0.3, -0.25) is 10.1 Å². The first-order valence-corrected chi connectivity index (χ1v) is 8.63. The second-order valence-corrected chi connectivity index (χ2v) is 6.42. The van der Waals surface area contributed by atoms with Crippen LogP contribution in [0.15, 0.2) is 58.3 Å². The third-order valence-electron chi connectivity index (χ3n) is 3.40. The fourth-order valence-corrected chi connectivity index (χ4v) is 2.85. The average Bonchev–Trinajstić information content (AvgIpc) is 2.62. The molecule has 1 atom stereocenters. The Balaban J connectivity index is 2.02. The highest BCUT2D eigenvalue weighted by Gasteiger charge is 2.11. The normalized spacial score (nSPS) is 11.5. The predicted molar refractivity (Wildman–Crippen MR) is 99.9 cm³/mol. The highest BCUT2D eigenvalue weighted by Crippen LogP contribution is 2.30. The van der Waals surface area contributed by atoms with Gasteiger partial charge in [0.15, 0.2) is 0 Å². The maximum Gasteiger partial charge on any atom is 0.411 e. The number of nitrogens with one attached hydrogen (secondary N) is 2. The standard InChI is InChI=1S/C18H21N3O3S/c1-3-16(19)17(22)20-13-5-4-6-15(11-13)25-14-9-7-12(8-10-14)21-18(23)24-2/h4-11,16H,3,19H2,1-2H3,(H,20,22)(H,21,23). The number of ether oxygens (including phenoxy) is 1. The zero-order valence-electron chi connectivity index (χ0n) is 14.1. The van der Waals surface area contributed by atoms with Crippen LogP contribution < -0.4 is 16.4 Å². The minimum Gasteiger partial charge on any atom is -0.453 e. The fraction of sp³-hybridized carbons (Fsp3) is 0.222. The predicted octanol–water partition coefficient (Wildman–Crippen LogP) is 3.69. The Kier molecular flexibility index (Phi) is 6.85. The van der Waals surface area contributed by atoms with Crippen LogP contribution in [0.4, 0.5) is 16.2 Å². The Labute approximate surface area is 151 Å². The number of hydrogen-bond acceptors (Lipinski definition) is 5. The molecule has 2 aromatic carbocycles. The average molecular weight is 359 g/mol. The van der Waals surface area contributed by atoms with Gasteiger partial charge in [-0.25, -0.2) is 4.79 Å². The number of anilines is 2. The van der Waals surface area contributed by atoms with Gasteiger partial charge in [0.1, 0.15) is 0 Å². The molecule has 6 nitrogen and oxygen atoms in total. The van der Waals surface area contributed by atoms with Crippen LogP contribution in [-0.2, 0) is 9.53 Å². The van der Waals surface area contributed by atoms with Gasteiger partial charge >= 0.3 is 6.09 Å². The van der Waals surface area contributed by atoms with Crippen molar-refractivity contribution in [3.63, 3.8) is 0 Å². The lowest BCUT2D eigenvalue weighted by Gasteiger charge is -2.11. The van der Waals surface area contributed by atoms with E-state index in [1.165, 1.54) is 7.11 Å². The summed E-state index contributed by atoms with van der Waals surface area (Å²) >= 11 is 1.55. The highest BCUT2D eigenvalue weighted by atomic mass is 32.2. The van der Waals surface area contributed by atoms with E-state index in [-0.39, 0.29) is 5.91 Å². The minimum atomic E-state index is -0.508. The second kappa shape index (κ2) is 9.10. The molecule has 132 valence electrons. The number of methoxy groups -OCH3 is 1. The van der Waals surface area contributed by atoms with E-state index < -0.39 is 12.1 Å². The summed E-state index contributed by atoms with van der Waals surface area (Å²) in [6, 6.07) is 14.4. The van der Waals surface area contributed by atoms with Crippen LogP contribution in [-0.4, -0.2) is 25.2 Å². The molecule has 25 heavy (non-hydrogen) atoms. The summed E-state index contributed by atoms with van der Waals surface area (Å²) < 4.78 is 4.55. The summed E-state index contributed by atoms with van der Waals surface area (Å²) in [6.45, 7) is 1.87. The van der Waals surface area contributed by atoms with E-state index in [9.17, 15) is 9.59 Å². The number of benzene rings is 2. The molecule has 0 saturated carbocycles. The minimum absolute atomic E-state index is 0.192. The molecule has 0 radical (unpaired) electrons. The van der Waals surface area contributed by atoms with Crippen LogP contribution >= 0.6 is 11.8 Å². The fourth-order valence-electron chi connectivity index (χ4n) is 1.97. The number of carbonyl (C=O) groups is 2.